The van der Waals surface area contributed by atoms with E-state index in [9.17, 15) is 29.6 Å². The van der Waals surface area contributed by atoms with Crippen molar-refractivity contribution in [2.45, 2.75) is 56.8 Å². The summed E-state index contributed by atoms with van der Waals surface area (Å²) in [7, 11) is -3.64. The molecule has 3 aliphatic rings. The number of amides is 3. The zero-order valence-electron chi connectivity index (χ0n) is 27.6. The van der Waals surface area contributed by atoms with Crippen LogP contribution in [0.25, 0.3) is 0 Å². The van der Waals surface area contributed by atoms with E-state index >= 15 is 4.11 Å². The summed E-state index contributed by atoms with van der Waals surface area (Å²) in [6, 6.07) is 20.5. The Hall–Kier alpha value is -4.66. The van der Waals surface area contributed by atoms with Crippen molar-refractivity contribution >= 4 is 43.4 Å². The van der Waals surface area contributed by atoms with Crippen molar-refractivity contribution in [2.75, 3.05) is 36.1 Å². The number of hydrogen-bond donors (Lipinski definition) is 1. The molecule has 3 amide bonds. The standard InChI is InChI=1S/C35H39FN4O8Si/c1-23-32(49(2,3)36)30(20-31(42)37(15-17-41)21-24-7-5-4-6-8-24)48-35(23)28-19-27(40(45)46)13-14-29(28)39(33(35)43)22-25-9-11-26(12-10-25)38-16-18-47-34(38)44/h4-14,19,23,30,32,41H,15-18,20-22H2,1-3H3/t23-,30+,32-,35+/m1/s1. The van der Waals surface area contributed by atoms with Gasteiger partial charge in [0.2, 0.25) is 14.3 Å². The van der Waals surface area contributed by atoms with Gasteiger partial charge in [-0.2, -0.15) is 0 Å². The first kappa shape index (κ1) is 34.2. The fourth-order valence-electron chi connectivity index (χ4n) is 7.62. The van der Waals surface area contributed by atoms with Gasteiger partial charge in [0.1, 0.15) is 6.61 Å². The van der Waals surface area contributed by atoms with Gasteiger partial charge in [-0.15, -0.1) is 0 Å². The summed E-state index contributed by atoms with van der Waals surface area (Å²) in [4.78, 5) is 56.4. The maximum absolute atomic E-state index is 16.3. The van der Waals surface area contributed by atoms with Crippen LogP contribution in [0.1, 0.15) is 30.0 Å². The SMILES string of the molecule is C[C@@H]1[C@@H]([Si](C)(C)F)[C@H](CC(=O)N(CCO)Cc2ccccc2)O[C@@]12C(=O)N(Cc1ccc(N3CCOC3=O)cc1)c1ccc([N+](=O)[O-])cc12. The van der Waals surface area contributed by atoms with Crippen molar-refractivity contribution in [1.29, 1.82) is 0 Å². The van der Waals surface area contributed by atoms with Gasteiger partial charge >= 0.3 is 6.09 Å². The molecule has 0 radical (unpaired) electrons. The molecule has 3 aromatic carbocycles. The summed E-state index contributed by atoms with van der Waals surface area (Å²) < 4.78 is 28.0. The highest BCUT2D eigenvalue weighted by Crippen LogP contribution is 2.60. The Bertz CT molecular complexity index is 1750. The Labute approximate surface area is 284 Å². The van der Waals surface area contributed by atoms with Crippen molar-refractivity contribution in [2.24, 2.45) is 5.92 Å². The number of aliphatic hydroxyl groups is 1. The zero-order chi connectivity index (χ0) is 35.1. The molecule has 258 valence electrons. The number of halogens is 1. The molecule has 2 fully saturated rings. The normalized spacial score (nSPS) is 23.2. The maximum atomic E-state index is 16.3. The highest BCUT2D eigenvalue weighted by atomic mass is 28.4. The molecule has 1 spiro atoms. The molecule has 0 saturated carbocycles. The molecule has 12 nitrogen and oxygen atoms in total. The third-order valence-electron chi connectivity index (χ3n) is 9.82. The van der Waals surface area contributed by atoms with Gasteiger partial charge in [-0.3, -0.25) is 24.6 Å². The summed E-state index contributed by atoms with van der Waals surface area (Å²) in [6.45, 7) is 5.59. The van der Waals surface area contributed by atoms with Gasteiger partial charge in [0.25, 0.3) is 11.6 Å². The minimum Gasteiger partial charge on any atom is -0.447 e. The largest absolute Gasteiger partial charge is 0.447 e. The molecule has 0 bridgehead atoms. The lowest BCUT2D eigenvalue weighted by Gasteiger charge is -2.31. The molecular formula is C35H39FN4O8Si. The topological polar surface area (TPSA) is 143 Å². The lowest BCUT2D eigenvalue weighted by molar-refractivity contribution is -0.385. The molecule has 49 heavy (non-hydrogen) atoms. The number of nitro groups is 1. The van der Waals surface area contributed by atoms with Gasteiger partial charge < -0.3 is 28.5 Å². The average Bonchev–Trinajstić information content (AvgIpc) is 3.70. The molecule has 3 aromatic rings. The van der Waals surface area contributed by atoms with Crippen LogP contribution >= 0.6 is 0 Å². The third kappa shape index (κ3) is 6.31. The number of non-ortho nitro benzene ring substituents is 1. The molecule has 0 aliphatic carbocycles. The van der Waals surface area contributed by atoms with Crippen LogP contribution in [0.4, 0.5) is 26.0 Å². The highest BCUT2D eigenvalue weighted by molar-refractivity contribution is 6.72. The second kappa shape index (κ2) is 13.3. The van der Waals surface area contributed by atoms with Crippen LogP contribution in [0.3, 0.4) is 0 Å². The molecular weight excluding hydrogens is 651 g/mol. The second-order valence-corrected chi connectivity index (χ2v) is 17.1. The van der Waals surface area contributed by atoms with E-state index in [0.29, 0.717) is 24.5 Å². The monoisotopic (exact) mass is 690 g/mol. The van der Waals surface area contributed by atoms with E-state index in [1.54, 1.807) is 31.2 Å². The second-order valence-electron chi connectivity index (χ2n) is 13.3. The number of hydrogen-bond acceptors (Lipinski definition) is 8. The summed E-state index contributed by atoms with van der Waals surface area (Å²) in [5.74, 6) is -1.62. The fraction of sp³-hybridized carbons (Fsp3) is 0.400. The molecule has 14 heteroatoms. The number of carbonyl (C=O) groups is 3. The number of cyclic esters (lactones) is 1. The number of carbonyl (C=O) groups excluding carboxylic acids is 3. The Morgan fingerprint density at radius 1 is 1.10 bits per heavy atom. The van der Waals surface area contributed by atoms with Crippen molar-refractivity contribution in [1.82, 2.24) is 4.90 Å². The van der Waals surface area contributed by atoms with E-state index in [1.165, 1.54) is 46.0 Å². The third-order valence-corrected chi connectivity index (χ3v) is 12.3. The summed E-state index contributed by atoms with van der Waals surface area (Å²) in [6.07, 6.45) is -1.67. The molecule has 0 aromatic heterocycles. The Kier molecular flexibility index (Phi) is 9.31. The van der Waals surface area contributed by atoms with E-state index in [1.807, 2.05) is 30.3 Å². The Balaban J connectivity index is 1.34. The lowest BCUT2D eigenvalue weighted by Crippen LogP contribution is -2.45. The summed E-state index contributed by atoms with van der Waals surface area (Å²) in [5.41, 5.74) is 0.0840. The van der Waals surface area contributed by atoms with Crippen molar-refractivity contribution in [3.05, 3.63) is 99.6 Å². The highest BCUT2D eigenvalue weighted by Gasteiger charge is 2.67. The molecule has 6 rings (SSSR count). The number of aliphatic hydroxyl groups excluding tert-OH is 1. The van der Waals surface area contributed by atoms with E-state index in [-0.39, 0.29) is 49.8 Å². The van der Waals surface area contributed by atoms with Crippen LogP contribution in [0.15, 0.2) is 72.8 Å². The van der Waals surface area contributed by atoms with E-state index in [2.05, 4.69) is 0 Å². The van der Waals surface area contributed by atoms with Crippen molar-refractivity contribution in [3.63, 3.8) is 0 Å². The van der Waals surface area contributed by atoms with Gasteiger partial charge in [0.05, 0.1) is 42.8 Å². The van der Waals surface area contributed by atoms with Crippen LogP contribution in [-0.2, 0) is 37.8 Å². The predicted octanol–water partition coefficient (Wildman–Crippen LogP) is 5.28. The van der Waals surface area contributed by atoms with Crippen molar-refractivity contribution < 1.29 is 38.0 Å². The molecule has 2 saturated heterocycles. The number of anilines is 2. The van der Waals surface area contributed by atoms with Gasteiger partial charge in [-0.1, -0.05) is 49.4 Å². The van der Waals surface area contributed by atoms with Gasteiger partial charge in [-0.25, -0.2) is 4.79 Å². The average molecular weight is 691 g/mol. The Morgan fingerprint density at radius 2 is 1.82 bits per heavy atom. The van der Waals surface area contributed by atoms with E-state index in [4.69, 9.17) is 9.47 Å². The predicted molar refractivity (Wildman–Crippen MR) is 181 cm³/mol. The fourth-order valence-corrected chi connectivity index (χ4v) is 10.1. The first-order valence-electron chi connectivity index (χ1n) is 16.3. The first-order valence-corrected chi connectivity index (χ1v) is 19.2. The van der Waals surface area contributed by atoms with Gasteiger partial charge in [0.15, 0.2) is 5.60 Å². The Morgan fingerprint density at radius 3 is 2.43 bits per heavy atom. The number of nitro benzene ring substituents is 1. The van der Waals surface area contributed by atoms with E-state index < -0.39 is 48.5 Å². The lowest BCUT2D eigenvalue weighted by atomic mass is 9.82. The van der Waals surface area contributed by atoms with Crippen LogP contribution in [0.5, 0.6) is 0 Å². The van der Waals surface area contributed by atoms with E-state index in [0.717, 1.165) is 11.1 Å². The number of rotatable bonds is 11. The quantitative estimate of drug-likeness (QED) is 0.124. The van der Waals surface area contributed by atoms with Crippen LogP contribution < -0.4 is 9.80 Å². The minimum absolute atomic E-state index is 0.0573. The van der Waals surface area contributed by atoms with Crippen molar-refractivity contribution in [3.8, 4) is 0 Å². The summed E-state index contributed by atoms with van der Waals surface area (Å²) >= 11 is 0. The number of ether oxygens (including phenoxy) is 2. The molecule has 1 N–H and O–H groups in total. The smallest absolute Gasteiger partial charge is 0.414 e. The van der Waals surface area contributed by atoms with Gasteiger partial charge in [0, 0.05) is 47.9 Å². The molecule has 0 unspecified atom stereocenters. The number of fused-ring (bicyclic) bond motifs is 2. The number of nitrogens with zero attached hydrogens (tertiary/aromatic N) is 4. The van der Waals surface area contributed by atoms with Crippen LogP contribution in [0, 0.1) is 16.0 Å². The van der Waals surface area contributed by atoms with Gasteiger partial charge in [-0.05, 0) is 42.4 Å². The first-order chi connectivity index (χ1) is 23.3. The zero-order valence-corrected chi connectivity index (χ0v) is 28.6. The summed E-state index contributed by atoms with van der Waals surface area (Å²) in [5, 5.41) is 21.7. The molecule has 3 aliphatic heterocycles. The van der Waals surface area contributed by atoms with Crippen LogP contribution in [-0.4, -0.2) is 73.7 Å². The minimum atomic E-state index is -3.64. The maximum Gasteiger partial charge on any atom is 0.414 e. The number of benzene rings is 3. The van der Waals surface area contributed by atoms with Crippen LogP contribution in [0.2, 0.25) is 18.6 Å². The molecule has 4 atom stereocenters. The molecule has 3 heterocycles.